The van der Waals surface area contributed by atoms with Gasteiger partial charge in [0.15, 0.2) is 9.84 Å². The predicted octanol–water partition coefficient (Wildman–Crippen LogP) is 3.16. The van der Waals surface area contributed by atoms with Crippen molar-refractivity contribution in [2.75, 3.05) is 11.1 Å². The highest BCUT2D eigenvalue weighted by Gasteiger charge is 2.29. The van der Waals surface area contributed by atoms with Crippen LogP contribution in [0.4, 0.5) is 10.1 Å². The van der Waals surface area contributed by atoms with Gasteiger partial charge in [-0.05, 0) is 36.2 Å². The molecule has 1 unspecified atom stereocenters. The molecule has 5 heteroatoms. The number of benzene rings is 2. The number of nitrogens with one attached hydrogen (secondary N) is 1. The van der Waals surface area contributed by atoms with Gasteiger partial charge in [0.25, 0.3) is 0 Å². The molecule has 1 N–H and O–H groups in total. The summed E-state index contributed by atoms with van der Waals surface area (Å²) in [6.07, 6.45) is 0.482. The van der Waals surface area contributed by atoms with E-state index in [1.807, 2.05) is 12.1 Å². The summed E-state index contributed by atoms with van der Waals surface area (Å²) in [5.74, 6) is -0.205. The summed E-state index contributed by atoms with van der Waals surface area (Å²) in [5, 5.41) is 3.21. The molecule has 0 aliphatic carbocycles. The van der Waals surface area contributed by atoms with Crippen molar-refractivity contribution >= 4 is 15.5 Å². The third kappa shape index (κ3) is 2.41. The molecule has 1 heterocycles. The molecule has 0 saturated carbocycles. The molecule has 3 rings (SSSR count). The number of anilines is 1. The van der Waals surface area contributed by atoms with Gasteiger partial charge in [0.05, 0.1) is 16.7 Å². The fourth-order valence-corrected chi connectivity index (χ4v) is 4.14. The van der Waals surface area contributed by atoms with Crippen LogP contribution in [0.5, 0.6) is 0 Å². The Morgan fingerprint density at radius 2 is 1.90 bits per heavy atom. The molecule has 3 nitrogen and oxygen atoms in total. The van der Waals surface area contributed by atoms with Crippen LogP contribution in [0, 0.1) is 5.82 Å². The van der Waals surface area contributed by atoms with E-state index >= 15 is 0 Å². The van der Waals surface area contributed by atoms with Crippen LogP contribution in [0.15, 0.2) is 53.4 Å². The van der Waals surface area contributed by atoms with Crippen molar-refractivity contribution in [1.82, 2.24) is 0 Å². The zero-order valence-electron chi connectivity index (χ0n) is 10.7. The fourth-order valence-electron chi connectivity index (χ4n) is 2.52. The summed E-state index contributed by atoms with van der Waals surface area (Å²) >= 11 is 0. The molecule has 104 valence electrons. The van der Waals surface area contributed by atoms with Crippen LogP contribution in [-0.2, 0) is 9.84 Å². The highest BCUT2D eigenvalue weighted by Crippen LogP contribution is 2.34. The topological polar surface area (TPSA) is 46.2 Å². The minimum atomic E-state index is -3.19. The Balaban J connectivity index is 1.96. The fraction of sp³-hybridized carbons (Fsp3) is 0.200. The quantitative estimate of drug-likeness (QED) is 0.924. The molecule has 0 fully saturated rings. The predicted molar refractivity (Wildman–Crippen MR) is 75.9 cm³/mol. The summed E-state index contributed by atoms with van der Waals surface area (Å²) in [6, 6.07) is 13.1. The zero-order valence-corrected chi connectivity index (χ0v) is 11.5. The average Bonchev–Trinajstić information content (AvgIpc) is 2.43. The van der Waals surface area contributed by atoms with Crippen LogP contribution in [-0.4, -0.2) is 14.2 Å². The first kappa shape index (κ1) is 13.1. The summed E-state index contributed by atoms with van der Waals surface area (Å²) in [4.78, 5) is 0.375. The summed E-state index contributed by atoms with van der Waals surface area (Å²) in [7, 11) is -3.19. The molecule has 1 aliphatic rings. The first-order valence-electron chi connectivity index (χ1n) is 6.40. The number of rotatable bonds is 2. The van der Waals surface area contributed by atoms with Crippen LogP contribution in [0.1, 0.15) is 18.0 Å². The van der Waals surface area contributed by atoms with Crippen LogP contribution in [0.25, 0.3) is 0 Å². The minimum Gasteiger partial charge on any atom is -0.378 e. The highest BCUT2D eigenvalue weighted by atomic mass is 32.2. The van der Waals surface area contributed by atoms with E-state index in [2.05, 4.69) is 5.32 Å². The molecule has 0 bridgehead atoms. The lowest BCUT2D eigenvalue weighted by molar-refractivity contribution is 0.575. The Kier molecular flexibility index (Phi) is 3.22. The molecule has 2 aromatic rings. The van der Waals surface area contributed by atoms with Crippen molar-refractivity contribution < 1.29 is 12.8 Å². The lowest BCUT2D eigenvalue weighted by atomic mass is 10.0. The minimum absolute atomic E-state index is 0.108. The molecular weight excluding hydrogens is 277 g/mol. The Labute approximate surface area is 117 Å². The second-order valence-electron chi connectivity index (χ2n) is 4.85. The first-order chi connectivity index (χ1) is 9.56. The summed E-state index contributed by atoms with van der Waals surface area (Å²) in [6.45, 7) is 0. The van der Waals surface area contributed by atoms with E-state index in [1.54, 1.807) is 24.3 Å². The highest BCUT2D eigenvalue weighted by molar-refractivity contribution is 7.91. The molecule has 0 spiro atoms. The first-order valence-corrected chi connectivity index (χ1v) is 8.05. The second-order valence-corrected chi connectivity index (χ2v) is 6.93. The second kappa shape index (κ2) is 4.90. The molecule has 20 heavy (non-hydrogen) atoms. The van der Waals surface area contributed by atoms with Gasteiger partial charge in [0.1, 0.15) is 5.82 Å². The molecule has 1 atom stereocenters. The van der Waals surface area contributed by atoms with E-state index < -0.39 is 9.84 Å². The van der Waals surface area contributed by atoms with E-state index in [0.29, 0.717) is 17.0 Å². The van der Waals surface area contributed by atoms with Gasteiger partial charge in [0.2, 0.25) is 0 Å². The van der Waals surface area contributed by atoms with Crippen molar-refractivity contribution in [2.45, 2.75) is 17.4 Å². The van der Waals surface area contributed by atoms with Gasteiger partial charge >= 0.3 is 0 Å². The van der Waals surface area contributed by atoms with Crippen LogP contribution >= 0.6 is 0 Å². The Morgan fingerprint density at radius 1 is 1.10 bits per heavy atom. The van der Waals surface area contributed by atoms with E-state index in [-0.39, 0.29) is 17.6 Å². The summed E-state index contributed by atoms with van der Waals surface area (Å²) in [5.41, 5.74) is 1.41. The monoisotopic (exact) mass is 291 g/mol. The lowest BCUT2D eigenvalue weighted by Crippen LogP contribution is -2.24. The van der Waals surface area contributed by atoms with Crippen molar-refractivity contribution in [3.05, 3.63) is 59.9 Å². The summed E-state index contributed by atoms with van der Waals surface area (Å²) < 4.78 is 37.3. The SMILES string of the molecule is O=S1(=O)CCC(Nc2cccc(F)c2)c2ccccc21. The third-order valence-electron chi connectivity index (χ3n) is 3.47. The Morgan fingerprint density at radius 3 is 2.70 bits per heavy atom. The number of hydrogen-bond donors (Lipinski definition) is 1. The molecule has 0 aromatic heterocycles. The van der Waals surface area contributed by atoms with E-state index in [0.717, 1.165) is 5.56 Å². The van der Waals surface area contributed by atoms with Crippen molar-refractivity contribution in [3.8, 4) is 0 Å². The van der Waals surface area contributed by atoms with Gasteiger partial charge < -0.3 is 5.32 Å². The van der Waals surface area contributed by atoms with Gasteiger partial charge in [-0.2, -0.15) is 0 Å². The normalized spacial score (nSPS) is 20.1. The van der Waals surface area contributed by atoms with E-state index in [1.165, 1.54) is 12.1 Å². The van der Waals surface area contributed by atoms with Crippen molar-refractivity contribution in [2.24, 2.45) is 0 Å². The number of sulfone groups is 1. The number of fused-ring (bicyclic) bond motifs is 1. The molecular formula is C15H14FNO2S. The van der Waals surface area contributed by atoms with Gasteiger partial charge in [-0.3, -0.25) is 0 Å². The zero-order chi connectivity index (χ0) is 14.2. The standard InChI is InChI=1S/C15H14FNO2S/c16-11-4-3-5-12(10-11)17-14-8-9-20(18,19)15-7-2-1-6-13(14)15/h1-7,10,14,17H,8-9H2. The van der Waals surface area contributed by atoms with E-state index in [9.17, 15) is 12.8 Å². The van der Waals surface area contributed by atoms with Gasteiger partial charge in [-0.1, -0.05) is 24.3 Å². The van der Waals surface area contributed by atoms with E-state index in [4.69, 9.17) is 0 Å². The van der Waals surface area contributed by atoms with Crippen LogP contribution < -0.4 is 5.32 Å². The average molecular weight is 291 g/mol. The van der Waals surface area contributed by atoms with Crippen molar-refractivity contribution in [1.29, 1.82) is 0 Å². The van der Waals surface area contributed by atoms with Gasteiger partial charge in [-0.15, -0.1) is 0 Å². The molecule has 0 amide bonds. The Bertz CT molecular complexity index is 743. The Hall–Kier alpha value is -1.88. The van der Waals surface area contributed by atoms with Crippen molar-refractivity contribution in [3.63, 3.8) is 0 Å². The van der Waals surface area contributed by atoms with Crippen LogP contribution in [0.2, 0.25) is 0 Å². The molecule has 2 aromatic carbocycles. The van der Waals surface area contributed by atoms with Crippen LogP contribution in [0.3, 0.4) is 0 Å². The molecule has 0 radical (unpaired) electrons. The number of halogens is 1. The van der Waals surface area contributed by atoms with Gasteiger partial charge in [0, 0.05) is 5.69 Å². The van der Waals surface area contributed by atoms with Gasteiger partial charge in [-0.25, -0.2) is 12.8 Å². The third-order valence-corrected chi connectivity index (χ3v) is 5.29. The largest absolute Gasteiger partial charge is 0.378 e. The lowest BCUT2D eigenvalue weighted by Gasteiger charge is -2.27. The number of hydrogen-bond acceptors (Lipinski definition) is 3. The maximum atomic E-state index is 13.2. The molecule has 0 saturated heterocycles. The maximum Gasteiger partial charge on any atom is 0.178 e. The molecule has 1 aliphatic heterocycles. The maximum absolute atomic E-state index is 13.2. The smallest absolute Gasteiger partial charge is 0.178 e.